The molecule has 3 rings (SSSR count). The van der Waals surface area contributed by atoms with Crippen molar-refractivity contribution in [1.82, 2.24) is 0 Å². The summed E-state index contributed by atoms with van der Waals surface area (Å²) in [5.41, 5.74) is 1.32. The predicted molar refractivity (Wildman–Crippen MR) is 61.2 cm³/mol. The van der Waals surface area contributed by atoms with Crippen LogP contribution in [0.1, 0.15) is 37.2 Å². The lowest BCUT2D eigenvalue weighted by atomic mass is 9.97. The van der Waals surface area contributed by atoms with Crippen LogP contribution in [-0.2, 0) is 4.79 Å². The summed E-state index contributed by atoms with van der Waals surface area (Å²) in [6.45, 7) is 0. The molecule has 0 saturated heterocycles. The molecule has 2 nitrogen and oxygen atoms in total. The molecule has 16 heavy (non-hydrogen) atoms. The molecule has 0 amide bonds. The minimum absolute atomic E-state index is 0.104. The Morgan fingerprint density at radius 1 is 1.19 bits per heavy atom. The van der Waals surface area contributed by atoms with E-state index in [4.69, 9.17) is 0 Å². The molecule has 0 aliphatic heterocycles. The van der Waals surface area contributed by atoms with Gasteiger partial charge in [0.2, 0.25) is 0 Å². The van der Waals surface area contributed by atoms with Gasteiger partial charge in [-0.1, -0.05) is 43.2 Å². The normalized spacial score (nSPS) is 30.5. The van der Waals surface area contributed by atoms with Crippen molar-refractivity contribution in [2.45, 2.75) is 31.6 Å². The SMILES string of the molecule is O=C(O)[C@H]1[C@H](c2ccccc2)C12CCCC2. The van der Waals surface area contributed by atoms with Gasteiger partial charge in [0.15, 0.2) is 0 Å². The van der Waals surface area contributed by atoms with Crippen LogP contribution in [0.2, 0.25) is 0 Å². The largest absolute Gasteiger partial charge is 0.481 e. The number of carboxylic acids is 1. The molecular formula is C14H16O2. The fourth-order valence-corrected chi connectivity index (χ4v) is 3.72. The van der Waals surface area contributed by atoms with Crippen LogP contribution in [0.4, 0.5) is 0 Å². The van der Waals surface area contributed by atoms with Gasteiger partial charge in [-0.3, -0.25) is 4.79 Å². The predicted octanol–water partition coefficient (Wildman–Crippen LogP) is 3.05. The van der Waals surface area contributed by atoms with E-state index < -0.39 is 5.97 Å². The maximum Gasteiger partial charge on any atom is 0.307 e. The molecule has 84 valence electrons. The molecule has 2 aliphatic carbocycles. The summed E-state index contributed by atoms with van der Waals surface area (Å²) < 4.78 is 0. The zero-order valence-corrected chi connectivity index (χ0v) is 9.23. The molecule has 0 aromatic heterocycles. The van der Waals surface area contributed by atoms with Gasteiger partial charge in [-0.2, -0.15) is 0 Å². The second kappa shape index (κ2) is 3.34. The fourth-order valence-electron chi connectivity index (χ4n) is 3.72. The van der Waals surface area contributed by atoms with Crippen LogP contribution in [0.5, 0.6) is 0 Å². The molecule has 1 aromatic carbocycles. The van der Waals surface area contributed by atoms with E-state index in [0.29, 0.717) is 0 Å². The van der Waals surface area contributed by atoms with Crippen molar-refractivity contribution < 1.29 is 9.90 Å². The van der Waals surface area contributed by atoms with Crippen molar-refractivity contribution in [3.05, 3.63) is 35.9 Å². The third-order valence-electron chi connectivity index (χ3n) is 4.42. The summed E-state index contributed by atoms with van der Waals surface area (Å²) in [4.78, 5) is 11.3. The lowest BCUT2D eigenvalue weighted by molar-refractivity contribution is -0.139. The number of benzene rings is 1. The Morgan fingerprint density at radius 3 is 2.38 bits per heavy atom. The number of aliphatic carboxylic acids is 1. The highest BCUT2D eigenvalue weighted by Crippen LogP contribution is 2.72. The van der Waals surface area contributed by atoms with Crippen LogP contribution < -0.4 is 0 Å². The van der Waals surface area contributed by atoms with Crippen LogP contribution in [0.15, 0.2) is 30.3 Å². The van der Waals surface area contributed by atoms with Gasteiger partial charge in [-0.25, -0.2) is 0 Å². The second-order valence-corrected chi connectivity index (χ2v) is 5.14. The standard InChI is InChI=1S/C14H16O2/c15-13(16)12-11(10-6-2-1-3-7-10)14(12)8-4-5-9-14/h1-3,6-7,11-12H,4-5,8-9H2,(H,15,16)/t11-,12+/m0/s1. The Bertz CT molecular complexity index is 404. The molecule has 1 aromatic rings. The molecule has 0 radical (unpaired) electrons. The smallest absolute Gasteiger partial charge is 0.307 e. The maximum absolute atomic E-state index is 11.3. The summed E-state index contributed by atoms with van der Waals surface area (Å²) in [7, 11) is 0. The Morgan fingerprint density at radius 2 is 1.81 bits per heavy atom. The van der Waals surface area contributed by atoms with Crippen molar-refractivity contribution in [3.8, 4) is 0 Å². The van der Waals surface area contributed by atoms with Gasteiger partial charge in [0.1, 0.15) is 0 Å². The number of carboxylic acid groups (broad SMARTS) is 1. The first-order valence-electron chi connectivity index (χ1n) is 6.03. The molecule has 1 spiro atoms. The van der Waals surface area contributed by atoms with E-state index in [1.165, 1.54) is 18.4 Å². The summed E-state index contributed by atoms with van der Waals surface area (Å²) >= 11 is 0. The van der Waals surface area contributed by atoms with E-state index in [2.05, 4.69) is 12.1 Å². The molecular weight excluding hydrogens is 200 g/mol. The highest BCUT2D eigenvalue weighted by Gasteiger charge is 2.68. The number of carbonyl (C=O) groups is 1. The summed E-state index contributed by atoms with van der Waals surface area (Å²) in [6, 6.07) is 10.2. The van der Waals surface area contributed by atoms with Crippen molar-refractivity contribution >= 4 is 5.97 Å². The molecule has 2 aliphatic rings. The molecule has 0 unspecified atom stereocenters. The third-order valence-corrected chi connectivity index (χ3v) is 4.42. The first-order valence-corrected chi connectivity index (χ1v) is 6.03. The summed E-state index contributed by atoms with van der Waals surface area (Å²) in [5, 5.41) is 9.31. The number of hydrogen-bond donors (Lipinski definition) is 1. The highest BCUT2D eigenvalue weighted by atomic mass is 16.4. The van der Waals surface area contributed by atoms with E-state index in [1.807, 2.05) is 18.2 Å². The maximum atomic E-state index is 11.3. The molecule has 2 saturated carbocycles. The first kappa shape index (κ1) is 9.88. The van der Waals surface area contributed by atoms with E-state index >= 15 is 0 Å². The Labute approximate surface area is 95.3 Å². The lowest BCUT2D eigenvalue weighted by Crippen LogP contribution is -2.06. The minimum Gasteiger partial charge on any atom is -0.481 e. The third kappa shape index (κ3) is 1.22. The van der Waals surface area contributed by atoms with Gasteiger partial charge in [0, 0.05) is 5.92 Å². The van der Waals surface area contributed by atoms with Crippen LogP contribution >= 0.6 is 0 Å². The van der Waals surface area contributed by atoms with Crippen LogP contribution in [0, 0.1) is 11.3 Å². The Hall–Kier alpha value is -1.31. The van der Waals surface area contributed by atoms with Gasteiger partial charge in [0.25, 0.3) is 0 Å². The zero-order chi connectivity index (χ0) is 11.2. The molecule has 2 fully saturated rings. The van der Waals surface area contributed by atoms with Crippen LogP contribution in [-0.4, -0.2) is 11.1 Å². The molecule has 0 heterocycles. The monoisotopic (exact) mass is 216 g/mol. The highest BCUT2D eigenvalue weighted by molar-refractivity contribution is 5.78. The Balaban J connectivity index is 1.94. The lowest BCUT2D eigenvalue weighted by Gasteiger charge is -2.07. The molecule has 0 bridgehead atoms. The van der Waals surface area contributed by atoms with E-state index in [-0.39, 0.29) is 17.3 Å². The summed E-state index contributed by atoms with van der Waals surface area (Å²) in [5.74, 6) is -0.457. The molecule has 2 atom stereocenters. The fraction of sp³-hybridized carbons (Fsp3) is 0.500. The Kier molecular flexibility index (Phi) is 2.06. The second-order valence-electron chi connectivity index (χ2n) is 5.14. The zero-order valence-electron chi connectivity index (χ0n) is 9.23. The summed E-state index contributed by atoms with van der Waals surface area (Å²) in [6.07, 6.45) is 4.60. The van der Waals surface area contributed by atoms with Crippen LogP contribution in [0.25, 0.3) is 0 Å². The molecule has 1 N–H and O–H groups in total. The van der Waals surface area contributed by atoms with Crippen molar-refractivity contribution in [2.75, 3.05) is 0 Å². The number of hydrogen-bond acceptors (Lipinski definition) is 1. The van der Waals surface area contributed by atoms with Crippen molar-refractivity contribution in [3.63, 3.8) is 0 Å². The van der Waals surface area contributed by atoms with Crippen molar-refractivity contribution in [1.29, 1.82) is 0 Å². The van der Waals surface area contributed by atoms with Crippen molar-refractivity contribution in [2.24, 2.45) is 11.3 Å². The van der Waals surface area contributed by atoms with E-state index in [9.17, 15) is 9.90 Å². The quantitative estimate of drug-likeness (QED) is 0.825. The molecule has 2 heteroatoms. The first-order chi connectivity index (χ1) is 7.76. The van der Waals surface area contributed by atoms with Gasteiger partial charge in [-0.15, -0.1) is 0 Å². The van der Waals surface area contributed by atoms with Gasteiger partial charge < -0.3 is 5.11 Å². The number of rotatable bonds is 2. The van der Waals surface area contributed by atoms with E-state index in [1.54, 1.807) is 0 Å². The van der Waals surface area contributed by atoms with Gasteiger partial charge in [0.05, 0.1) is 5.92 Å². The topological polar surface area (TPSA) is 37.3 Å². The average Bonchev–Trinajstić information content (AvgIpc) is 2.67. The minimum atomic E-state index is -0.601. The van der Waals surface area contributed by atoms with Gasteiger partial charge in [-0.05, 0) is 23.8 Å². The van der Waals surface area contributed by atoms with Gasteiger partial charge >= 0.3 is 5.97 Å². The average molecular weight is 216 g/mol. The van der Waals surface area contributed by atoms with E-state index in [0.717, 1.165) is 12.8 Å². The van der Waals surface area contributed by atoms with Crippen LogP contribution in [0.3, 0.4) is 0 Å².